The van der Waals surface area contributed by atoms with Crippen molar-refractivity contribution in [1.29, 1.82) is 5.26 Å². The molecule has 4 rings (SSSR count). The van der Waals surface area contributed by atoms with E-state index in [1.165, 1.54) is 0 Å². The third kappa shape index (κ3) is 3.23. The molecule has 0 amide bonds. The van der Waals surface area contributed by atoms with E-state index in [9.17, 15) is 10.1 Å². The maximum absolute atomic E-state index is 10.7. The molecule has 0 saturated carbocycles. The quantitative estimate of drug-likeness (QED) is 0.545. The van der Waals surface area contributed by atoms with Crippen molar-refractivity contribution in [2.24, 2.45) is 0 Å². The van der Waals surface area contributed by atoms with E-state index in [4.69, 9.17) is 9.63 Å². The first-order chi connectivity index (χ1) is 13.5. The van der Waals surface area contributed by atoms with Gasteiger partial charge in [0.1, 0.15) is 6.07 Å². The summed E-state index contributed by atoms with van der Waals surface area (Å²) < 4.78 is 5.44. The van der Waals surface area contributed by atoms with Gasteiger partial charge < -0.3 is 14.6 Å². The van der Waals surface area contributed by atoms with Gasteiger partial charge in [-0.1, -0.05) is 23.4 Å². The Kier molecular flexibility index (Phi) is 4.38. The molecule has 4 aromatic rings. The number of hydrogen-bond donors (Lipinski definition) is 2. The van der Waals surface area contributed by atoms with Crippen molar-refractivity contribution < 1.29 is 14.4 Å². The van der Waals surface area contributed by atoms with Crippen LogP contribution in [0.2, 0.25) is 0 Å². The standard InChI is InChI=1S/C21H16N4O3/c1-12-8-13(3-5-18(26)27)2-4-17(12)20-24-21(28-25-20)15-9-14-6-7-23-19(14)16(10-15)11-22/h2,4,6-10,23H,3,5H2,1H3,(H,26,27). The summed E-state index contributed by atoms with van der Waals surface area (Å²) in [6.07, 6.45) is 2.35. The zero-order valence-corrected chi connectivity index (χ0v) is 15.1. The molecular weight excluding hydrogens is 356 g/mol. The minimum Gasteiger partial charge on any atom is -0.481 e. The Morgan fingerprint density at radius 1 is 1.29 bits per heavy atom. The van der Waals surface area contributed by atoms with Gasteiger partial charge in [0.25, 0.3) is 5.89 Å². The second-order valence-electron chi connectivity index (χ2n) is 6.54. The highest BCUT2D eigenvalue weighted by Gasteiger charge is 2.15. The fourth-order valence-electron chi connectivity index (χ4n) is 3.22. The second kappa shape index (κ2) is 7.00. The Morgan fingerprint density at radius 3 is 2.89 bits per heavy atom. The van der Waals surface area contributed by atoms with Crippen LogP contribution in [-0.4, -0.2) is 26.2 Å². The van der Waals surface area contributed by atoms with Gasteiger partial charge >= 0.3 is 5.97 Å². The number of aromatic amines is 1. The molecule has 0 bridgehead atoms. The van der Waals surface area contributed by atoms with E-state index in [0.717, 1.165) is 27.6 Å². The van der Waals surface area contributed by atoms with Crippen LogP contribution in [0.3, 0.4) is 0 Å². The predicted molar refractivity (Wildman–Crippen MR) is 102 cm³/mol. The maximum atomic E-state index is 10.7. The fraction of sp³-hybridized carbons (Fsp3) is 0.143. The third-order valence-electron chi connectivity index (χ3n) is 4.61. The number of carbonyl (C=O) groups is 1. The van der Waals surface area contributed by atoms with Crippen LogP contribution in [-0.2, 0) is 11.2 Å². The SMILES string of the molecule is Cc1cc(CCC(=O)O)ccc1-c1noc(-c2cc(C#N)c3[nH]ccc3c2)n1. The van der Waals surface area contributed by atoms with E-state index in [-0.39, 0.29) is 6.42 Å². The average Bonchev–Trinajstić information content (AvgIpc) is 3.35. The summed E-state index contributed by atoms with van der Waals surface area (Å²) in [5.74, 6) is -0.0328. The number of nitrogens with zero attached hydrogens (tertiary/aromatic N) is 3. The molecule has 138 valence electrons. The molecule has 7 nitrogen and oxygen atoms in total. The molecule has 28 heavy (non-hydrogen) atoms. The van der Waals surface area contributed by atoms with Crippen LogP contribution < -0.4 is 0 Å². The van der Waals surface area contributed by atoms with Gasteiger partial charge in [-0.15, -0.1) is 0 Å². The minimum atomic E-state index is -0.819. The number of nitrogens with one attached hydrogen (secondary N) is 1. The Morgan fingerprint density at radius 2 is 2.14 bits per heavy atom. The van der Waals surface area contributed by atoms with E-state index in [1.807, 2.05) is 37.3 Å². The molecule has 0 spiro atoms. The topological polar surface area (TPSA) is 116 Å². The highest BCUT2D eigenvalue weighted by Crippen LogP contribution is 2.29. The lowest BCUT2D eigenvalue weighted by molar-refractivity contribution is -0.136. The second-order valence-corrected chi connectivity index (χ2v) is 6.54. The highest BCUT2D eigenvalue weighted by atomic mass is 16.5. The molecule has 0 fully saturated rings. The molecule has 0 saturated heterocycles. The van der Waals surface area contributed by atoms with Crippen LogP contribution in [0.25, 0.3) is 33.7 Å². The number of aryl methyl sites for hydroxylation is 2. The predicted octanol–water partition coefficient (Wildman–Crippen LogP) is 4.08. The molecule has 0 aliphatic rings. The maximum Gasteiger partial charge on any atom is 0.303 e. The zero-order chi connectivity index (χ0) is 19.7. The molecule has 0 atom stereocenters. The van der Waals surface area contributed by atoms with Gasteiger partial charge in [-0.3, -0.25) is 4.79 Å². The zero-order valence-electron chi connectivity index (χ0n) is 15.1. The number of carboxylic acids is 1. The molecule has 2 aromatic heterocycles. The lowest BCUT2D eigenvalue weighted by Crippen LogP contribution is -1.98. The molecule has 2 N–H and O–H groups in total. The van der Waals surface area contributed by atoms with Crippen molar-refractivity contribution in [3.05, 3.63) is 59.3 Å². The number of nitriles is 1. The number of benzene rings is 2. The molecule has 0 aliphatic heterocycles. The van der Waals surface area contributed by atoms with Crippen LogP contribution in [0.4, 0.5) is 0 Å². The summed E-state index contributed by atoms with van der Waals surface area (Å²) in [6.45, 7) is 1.93. The Labute approximate surface area is 160 Å². The molecule has 0 aliphatic carbocycles. The van der Waals surface area contributed by atoms with Crippen LogP contribution >= 0.6 is 0 Å². The summed E-state index contributed by atoms with van der Waals surface area (Å²) in [5, 5.41) is 23.2. The van der Waals surface area contributed by atoms with Gasteiger partial charge in [0.2, 0.25) is 5.82 Å². The smallest absolute Gasteiger partial charge is 0.303 e. The number of aliphatic carboxylic acids is 1. The lowest BCUT2D eigenvalue weighted by Gasteiger charge is -2.04. The highest BCUT2D eigenvalue weighted by molar-refractivity contribution is 5.89. The number of fused-ring (bicyclic) bond motifs is 1. The first-order valence-electron chi connectivity index (χ1n) is 8.72. The lowest BCUT2D eigenvalue weighted by atomic mass is 10.0. The number of hydrogen-bond acceptors (Lipinski definition) is 5. The van der Waals surface area contributed by atoms with E-state index >= 15 is 0 Å². The summed E-state index contributed by atoms with van der Waals surface area (Å²) in [6, 6.07) is 13.4. The Bertz CT molecular complexity index is 1230. The summed E-state index contributed by atoms with van der Waals surface area (Å²) >= 11 is 0. The summed E-state index contributed by atoms with van der Waals surface area (Å²) in [4.78, 5) is 18.3. The normalized spacial score (nSPS) is 10.9. The van der Waals surface area contributed by atoms with Crippen LogP contribution in [0.1, 0.15) is 23.1 Å². The first kappa shape index (κ1) is 17.5. The summed E-state index contributed by atoms with van der Waals surface area (Å²) in [5.41, 5.74) is 4.67. The number of rotatable bonds is 5. The van der Waals surface area contributed by atoms with E-state index < -0.39 is 5.97 Å². The molecule has 0 unspecified atom stereocenters. The average molecular weight is 372 g/mol. The van der Waals surface area contributed by atoms with Crippen molar-refractivity contribution in [2.45, 2.75) is 19.8 Å². The van der Waals surface area contributed by atoms with Crippen molar-refractivity contribution in [2.75, 3.05) is 0 Å². The van der Waals surface area contributed by atoms with E-state index in [0.29, 0.717) is 29.3 Å². The van der Waals surface area contributed by atoms with Gasteiger partial charge in [0.05, 0.1) is 11.1 Å². The van der Waals surface area contributed by atoms with Gasteiger partial charge in [-0.05, 0) is 42.7 Å². The van der Waals surface area contributed by atoms with Crippen molar-refractivity contribution >= 4 is 16.9 Å². The van der Waals surface area contributed by atoms with E-state index in [1.54, 1.807) is 12.3 Å². The third-order valence-corrected chi connectivity index (χ3v) is 4.61. The van der Waals surface area contributed by atoms with Crippen LogP contribution in [0, 0.1) is 18.3 Å². The largest absolute Gasteiger partial charge is 0.481 e. The molecule has 2 aromatic carbocycles. The van der Waals surface area contributed by atoms with E-state index in [2.05, 4.69) is 21.2 Å². The number of carboxylic acid groups (broad SMARTS) is 1. The van der Waals surface area contributed by atoms with Crippen molar-refractivity contribution in [1.82, 2.24) is 15.1 Å². The molecule has 0 radical (unpaired) electrons. The number of H-pyrrole nitrogens is 1. The Hall–Kier alpha value is -3.92. The minimum absolute atomic E-state index is 0.0913. The van der Waals surface area contributed by atoms with Gasteiger partial charge in [0.15, 0.2) is 0 Å². The Balaban J connectivity index is 1.67. The summed E-state index contributed by atoms with van der Waals surface area (Å²) in [7, 11) is 0. The fourth-order valence-corrected chi connectivity index (χ4v) is 3.22. The van der Waals surface area contributed by atoms with Crippen molar-refractivity contribution in [3.63, 3.8) is 0 Å². The van der Waals surface area contributed by atoms with Gasteiger partial charge in [0, 0.05) is 29.1 Å². The van der Waals surface area contributed by atoms with Crippen LogP contribution in [0.15, 0.2) is 47.1 Å². The van der Waals surface area contributed by atoms with Gasteiger partial charge in [-0.2, -0.15) is 10.2 Å². The van der Waals surface area contributed by atoms with Gasteiger partial charge in [-0.25, -0.2) is 0 Å². The molecule has 7 heteroatoms. The molecular formula is C21H16N4O3. The first-order valence-corrected chi connectivity index (χ1v) is 8.72. The monoisotopic (exact) mass is 372 g/mol. The molecule has 2 heterocycles. The van der Waals surface area contributed by atoms with Crippen molar-refractivity contribution in [3.8, 4) is 28.9 Å². The number of aromatic nitrogens is 3. The van der Waals surface area contributed by atoms with Crippen LogP contribution in [0.5, 0.6) is 0 Å².